The van der Waals surface area contributed by atoms with Crippen LogP contribution in [-0.4, -0.2) is 34.9 Å². The summed E-state index contributed by atoms with van der Waals surface area (Å²) in [5.74, 6) is 0.984. The van der Waals surface area contributed by atoms with E-state index in [-0.39, 0.29) is 6.04 Å². The Kier molecular flexibility index (Phi) is 4.10. The zero-order valence-electron chi connectivity index (χ0n) is 12.5. The van der Waals surface area contributed by atoms with E-state index in [1.54, 1.807) is 17.6 Å². The predicted molar refractivity (Wildman–Crippen MR) is 84.6 cm³/mol. The summed E-state index contributed by atoms with van der Waals surface area (Å²) in [6.45, 7) is 3.69. The van der Waals surface area contributed by atoms with Crippen LogP contribution in [0.15, 0.2) is 34.4 Å². The number of rotatable bonds is 6. The van der Waals surface area contributed by atoms with E-state index in [2.05, 4.69) is 52.2 Å². The fourth-order valence-corrected chi connectivity index (χ4v) is 3.28. The molecule has 0 saturated carbocycles. The molecule has 6 heteroatoms. The maximum atomic E-state index is 5.53. The van der Waals surface area contributed by atoms with Crippen LogP contribution in [-0.2, 0) is 6.54 Å². The van der Waals surface area contributed by atoms with Crippen molar-refractivity contribution in [3.8, 4) is 0 Å². The lowest BCUT2D eigenvalue weighted by Crippen LogP contribution is -2.30. The molecular weight excluding hydrogens is 284 g/mol. The largest absolute Gasteiger partial charge is 0.468 e. The third kappa shape index (κ3) is 2.88. The second-order valence-electron chi connectivity index (χ2n) is 5.33. The molecule has 0 aliphatic rings. The summed E-state index contributed by atoms with van der Waals surface area (Å²) < 4.78 is 7.69. The molecule has 0 fully saturated rings. The van der Waals surface area contributed by atoms with Crippen LogP contribution >= 0.6 is 11.3 Å². The van der Waals surface area contributed by atoms with Gasteiger partial charge in [-0.15, -0.1) is 11.3 Å². The minimum absolute atomic E-state index is 0.228. The van der Waals surface area contributed by atoms with Crippen LogP contribution in [0.2, 0.25) is 0 Å². The summed E-state index contributed by atoms with van der Waals surface area (Å²) in [5.41, 5.74) is 2.32. The number of likely N-dealkylation sites (N-methyl/N-ethyl adjacent to an activating group) is 1. The zero-order valence-corrected chi connectivity index (χ0v) is 13.4. The number of aryl methyl sites for hydroxylation is 1. The molecule has 0 aliphatic carbocycles. The highest BCUT2D eigenvalue weighted by Crippen LogP contribution is 2.19. The Morgan fingerprint density at radius 3 is 3.05 bits per heavy atom. The van der Waals surface area contributed by atoms with Crippen molar-refractivity contribution >= 4 is 16.3 Å². The number of thiazole rings is 1. The Balaban J connectivity index is 1.67. The van der Waals surface area contributed by atoms with Gasteiger partial charge in [0.2, 0.25) is 0 Å². The van der Waals surface area contributed by atoms with Crippen molar-refractivity contribution in [2.24, 2.45) is 0 Å². The molecule has 21 heavy (non-hydrogen) atoms. The Bertz CT molecular complexity index is 698. The first-order valence-electron chi connectivity index (χ1n) is 6.98. The number of furan rings is 1. The first-order valence-corrected chi connectivity index (χ1v) is 7.86. The fourth-order valence-electron chi connectivity index (χ4n) is 2.50. The Hall–Kier alpha value is -1.63. The maximum Gasteiger partial charge on any atom is 0.194 e. The van der Waals surface area contributed by atoms with Gasteiger partial charge >= 0.3 is 0 Å². The molecule has 1 N–H and O–H groups in total. The fraction of sp³-hybridized carbons (Fsp3) is 0.400. The van der Waals surface area contributed by atoms with Crippen molar-refractivity contribution in [2.75, 3.05) is 20.6 Å². The first kappa shape index (κ1) is 14.3. The van der Waals surface area contributed by atoms with Gasteiger partial charge in [-0.2, -0.15) is 0 Å². The normalized spacial score (nSPS) is 13.3. The van der Waals surface area contributed by atoms with E-state index in [4.69, 9.17) is 4.42 Å². The maximum absolute atomic E-state index is 5.53. The van der Waals surface area contributed by atoms with Crippen LogP contribution in [0.5, 0.6) is 0 Å². The standard InChI is InChI=1S/C15H20N4OS/c1-11-12(19-6-8-21-15(19)17-11)9-16-10-13(18(2)3)14-5-4-7-20-14/h4-8,13,16H,9-10H2,1-3H3. The van der Waals surface area contributed by atoms with Crippen molar-refractivity contribution in [3.05, 3.63) is 47.1 Å². The second kappa shape index (κ2) is 6.01. The number of nitrogens with one attached hydrogen (secondary N) is 1. The van der Waals surface area contributed by atoms with Crippen LogP contribution in [0, 0.1) is 6.92 Å². The van der Waals surface area contributed by atoms with Crippen LogP contribution in [0.1, 0.15) is 23.2 Å². The highest BCUT2D eigenvalue weighted by atomic mass is 32.1. The first-order chi connectivity index (χ1) is 10.2. The van der Waals surface area contributed by atoms with Gasteiger partial charge in [-0.3, -0.25) is 9.30 Å². The van der Waals surface area contributed by atoms with E-state index in [1.807, 2.05) is 12.1 Å². The van der Waals surface area contributed by atoms with Crippen molar-refractivity contribution in [1.29, 1.82) is 0 Å². The predicted octanol–water partition coefficient (Wildman–Crippen LogP) is 2.69. The number of fused-ring (bicyclic) bond motifs is 1. The van der Waals surface area contributed by atoms with Crippen molar-refractivity contribution in [3.63, 3.8) is 0 Å². The molecule has 3 aromatic rings. The average Bonchev–Trinajstić information content (AvgIpc) is 3.13. The summed E-state index contributed by atoms with van der Waals surface area (Å²) in [6, 6.07) is 4.18. The average molecular weight is 304 g/mol. The third-order valence-corrected chi connectivity index (χ3v) is 4.44. The molecule has 1 unspecified atom stereocenters. The summed E-state index contributed by atoms with van der Waals surface area (Å²) in [4.78, 5) is 7.79. The molecule has 0 amide bonds. The van der Waals surface area contributed by atoms with Crippen molar-refractivity contribution < 1.29 is 4.42 Å². The third-order valence-electron chi connectivity index (χ3n) is 3.69. The van der Waals surface area contributed by atoms with Gasteiger partial charge in [0, 0.05) is 24.7 Å². The molecule has 0 bridgehead atoms. The lowest BCUT2D eigenvalue weighted by atomic mass is 10.2. The van der Waals surface area contributed by atoms with E-state index >= 15 is 0 Å². The topological polar surface area (TPSA) is 45.7 Å². The summed E-state index contributed by atoms with van der Waals surface area (Å²) in [7, 11) is 4.13. The number of hydrogen-bond acceptors (Lipinski definition) is 5. The Morgan fingerprint density at radius 2 is 2.33 bits per heavy atom. The van der Waals surface area contributed by atoms with Crippen molar-refractivity contribution in [2.45, 2.75) is 19.5 Å². The van der Waals surface area contributed by atoms with Gasteiger partial charge in [0.05, 0.1) is 23.7 Å². The summed E-state index contributed by atoms with van der Waals surface area (Å²) >= 11 is 1.67. The van der Waals surface area contributed by atoms with Gasteiger partial charge in [0.25, 0.3) is 0 Å². The number of aromatic nitrogens is 2. The van der Waals surface area contributed by atoms with Gasteiger partial charge in [-0.05, 0) is 33.2 Å². The second-order valence-corrected chi connectivity index (χ2v) is 6.20. The molecular formula is C15H20N4OS. The van der Waals surface area contributed by atoms with Crippen LogP contribution in [0.4, 0.5) is 0 Å². The minimum atomic E-state index is 0.228. The Labute approximate surface area is 128 Å². The van der Waals surface area contributed by atoms with Crippen LogP contribution in [0.25, 0.3) is 4.96 Å². The van der Waals surface area contributed by atoms with E-state index in [0.717, 1.165) is 29.5 Å². The molecule has 5 nitrogen and oxygen atoms in total. The number of hydrogen-bond donors (Lipinski definition) is 1. The Morgan fingerprint density at radius 1 is 1.48 bits per heavy atom. The summed E-state index contributed by atoms with van der Waals surface area (Å²) in [6.07, 6.45) is 3.80. The van der Waals surface area contributed by atoms with Crippen LogP contribution in [0.3, 0.4) is 0 Å². The molecule has 3 heterocycles. The highest BCUT2D eigenvalue weighted by molar-refractivity contribution is 7.15. The molecule has 0 aliphatic heterocycles. The van der Waals surface area contributed by atoms with E-state index < -0.39 is 0 Å². The number of imidazole rings is 1. The lowest BCUT2D eigenvalue weighted by molar-refractivity contribution is 0.250. The van der Waals surface area contributed by atoms with Gasteiger partial charge in [0.15, 0.2) is 4.96 Å². The lowest BCUT2D eigenvalue weighted by Gasteiger charge is -2.22. The van der Waals surface area contributed by atoms with Gasteiger partial charge in [-0.25, -0.2) is 4.98 Å². The molecule has 3 aromatic heterocycles. The monoisotopic (exact) mass is 304 g/mol. The minimum Gasteiger partial charge on any atom is -0.468 e. The number of nitrogens with zero attached hydrogens (tertiary/aromatic N) is 3. The SMILES string of the molecule is Cc1nc2sccn2c1CNCC(c1ccco1)N(C)C. The van der Waals surface area contributed by atoms with Gasteiger partial charge in [-0.1, -0.05) is 0 Å². The van der Waals surface area contributed by atoms with E-state index in [1.165, 1.54) is 5.69 Å². The molecule has 0 radical (unpaired) electrons. The smallest absolute Gasteiger partial charge is 0.194 e. The molecule has 0 aromatic carbocycles. The quantitative estimate of drug-likeness (QED) is 0.760. The van der Waals surface area contributed by atoms with E-state index in [0.29, 0.717) is 0 Å². The molecule has 112 valence electrons. The van der Waals surface area contributed by atoms with Crippen molar-refractivity contribution in [1.82, 2.24) is 19.6 Å². The van der Waals surface area contributed by atoms with Gasteiger partial charge in [0.1, 0.15) is 5.76 Å². The molecule has 3 rings (SSSR count). The zero-order chi connectivity index (χ0) is 14.8. The van der Waals surface area contributed by atoms with Crippen LogP contribution < -0.4 is 5.32 Å². The summed E-state index contributed by atoms with van der Waals surface area (Å²) in [5, 5.41) is 5.59. The highest BCUT2D eigenvalue weighted by Gasteiger charge is 2.17. The molecule has 0 saturated heterocycles. The van der Waals surface area contributed by atoms with Gasteiger partial charge < -0.3 is 9.73 Å². The molecule has 1 atom stereocenters. The van der Waals surface area contributed by atoms with E-state index in [9.17, 15) is 0 Å². The molecule has 0 spiro atoms.